The Kier molecular flexibility index (Phi) is 4.48. The van der Waals surface area contributed by atoms with Gasteiger partial charge in [-0.1, -0.05) is 17.7 Å². The van der Waals surface area contributed by atoms with E-state index in [4.69, 9.17) is 11.6 Å². The zero-order chi connectivity index (χ0) is 13.0. The average molecular weight is 267 g/mol. The maximum atomic E-state index is 11.2. The zero-order valence-corrected chi connectivity index (χ0v) is 11.4. The molecule has 0 radical (unpaired) electrons. The van der Waals surface area contributed by atoms with Gasteiger partial charge in [0.05, 0.1) is 0 Å². The zero-order valence-electron chi connectivity index (χ0n) is 10.7. The van der Waals surface area contributed by atoms with E-state index in [0.717, 1.165) is 13.0 Å². The summed E-state index contributed by atoms with van der Waals surface area (Å²) in [5.41, 5.74) is 2.51. The van der Waals surface area contributed by atoms with Crippen LogP contribution < -0.4 is 10.2 Å². The van der Waals surface area contributed by atoms with E-state index < -0.39 is 0 Å². The number of carbonyl (C=O) groups is 1. The van der Waals surface area contributed by atoms with E-state index in [1.54, 1.807) is 0 Å². The molecule has 2 rings (SSSR count). The van der Waals surface area contributed by atoms with Crippen molar-refractivity contribution in [3.8, 4) is 0 Å². The summed E-state index contributed by atoms with van der Waals surface area (Å²) in [6.45, 7) is 3.83. The van der Waals surface area contributed by atoms with Gasteiger partial charge in [-0.2, -0.15) is 0 Å². The molecule has 1 unspecified atom stereocenters. The number of rotatable bonds is 4. The van der Waals surface area contributed by atoms with E-state index in [1.165, 1.54) is 17.7 Å². The highest BCUT2D eigenvalue weighted by Crippen LogP contribution is 2.25. The second-order valence-electron chi connectivity index (χ2n) is 4.76. The number of anilines is 1. The molecule has 1 aliphatic heterocycles. The summed E-state index contributed by atoms with van der Waals surface area (Å²) >= 11 is 5.48. The highest BCUT2D eigenvalue weighted by atomic mass is 35.5. The van der Waals surface area contributed by atoms with Gasteiger partial charge in [-0.15, -0.1) is 11.6 Å². The van der Waals surface area contributed by atoms with Crippen molar-refractivity contribution in [3.63, 3.8) is 0 Å². The fraction of sp³-hybridized carbons (Fsp3) is 0.500. The normalized spacial score (nSPS) is 19.0. The number of nitrogens with zero attached hydrogens (tertiary/aromatic N) is 1. The Morgan fingerprint density at radius 2 is 2.17 bits per heavy atom. The molecule has 1 aromatic carbocycles. The third-order valence-electron chi connectivity index (χ3n) is 3.40. The summed E-state index contributed by atoms with van der Waals surface area (Å²) in [7, 11) is 0. The summed E-state index contributed by atoms with van der Waals surface area (Å²) in [4.78, 5) is 13.6. The fourth-order valence-electron chi connectivity index (χ4n) is 2.40. The van der Waals surface area contributed by atoms with Crippen LogP contribution in [-0.4, -0.2) is 30.9 Å². The largest absolute Gasteiger partial charge is 0.367 e. The second-order valence-corrected chi connectivity index (χ2v) is 5.03. The quantitative estimate of drug-likeness (QED) is 0.849. The molecule has 3 nitrogen and oxygen atoms in total. The SMILES string of the molecule is Cc1ccc(N2CCCC2CNC(=O)CCl)cc1. The Labute approximate surface area is 113 Å². The molecule has 0 aromatic heterocycles. The number of carbonyl (C=O) groups excluding carboxylic acids is 1. The molecule has 0 aliphatic carbocycles. The summed E-state index contributed by atoms with van der Waals surface area (Å²) in [6.07, 6.45) is 2.30. The van der Waals surface area contributed by atoms with Gasteiger partial charge in [-0.25, -0.2) is 0 Å². The molecule has 1 amide bonds. The summed E-state index contributed by atoms with van der Waals surface area (Å²) in [5.74, 6) is -0.0514. The van der Waals surface area contributed by atoms with Crippen LogP contribution in [0.3, 0.4) is 0 Å². The van der Waals surface area contributed by atoms with Crippen molar-refractivity contribution >= 4 is 23.2 Å². The lowest BCUT2D eigenvalue weighted by molar-refractivity contribution is -0.118. The molecular formula is C14H19ClN2O. The van der Waals surface area contributed by atoms with Crippen LogP contribution in [0.25, 0.3) is 0 Å². The minimum atomic E-state index is -0.0903. The van der Waals surface area contributed by atoms with Gasteiger partial charge in [-0.3, -0.25) is 4.79 Å². The van der Waals surface area contributed by atoms with Crippen LogP contribution in [0.2, 0.25) is 0 Å². The van der Waals surface area contributed by atoms with Gasteiger partial charge in [0.2, 0.25) is 5.91 Å². The van der Waals surface area contributed by atoms with Crippen molar-refractivity contribution in [2.75, 3.05) is 23.9 Å². The van der Waals surface area contributed by atoms with Gasteiger partial charge < -0.3 is 10.2 Å². The Hall–Kier alpha value is -1.22. The van der Waals surface area contributed by atoms with Gasteiger partial charge in [-0.05, 0) is 31.9 Å². The van der Waals surface area contributed by atoms with Crippen LogP contribution in [0, 0.1) is 6.92 Å². The Bertz CT molecular complexity index is 405. The first-order valence-corrected chi connectivity index (χ1v) is 6.90. The van der Waals surface area contributed by atoms with Gasteiger partial charge in [0.15, 0.2) is 0 Å². The molecule has 1 fully saturated rings. The number of aryl methyl sites for hydroxylation is 1. The van der Waals surface area contributed by atoms with Crippen LogP contribution in [0.4, 0.5) is 5.69 Å². The molecule has 4 heteroatoms. The highest BCUT2D eigenvalue weighted by molar-refractivity contribution is 6.27. The second kappa shape index (κ2) is 6.10. The van der Waals surface area contributed by atoms with Crippen LogP contribution in [0.1, 0.15) is 18.4 Å². The number of hydrogen-bond acceptors (Lipinski definition) is 2. The Balaban J connectivity index is 1.98. The first-order valence-electron chi connectivity index (χ1n) is 6.36. The maximum absolute atomic E-state index is 11.2. The number of nitrogens with one attached hydrogen (secondary N) is 1. The third-order valence-corrected chi connectivity index (χ3v) is 3.64. The van der Waals surface area contributed by atoms with Gasteiger partial charge in [0.1, 0.15) is 5.88 Å². The molecule has 1 atom stereocenters. The lowest BCUT2D eigenvalue weighted by Crippen LogP contribution is -2.40. The Morgan fingerprint density at radius 1 is 1.44 bits per heavy atom. The molecule has 18 heavy (non-hydrogen) atoms. The van der Waals surface area contributed by atoms with Crippen molar-refractivity contribution < 1.29 is 4.79 Å². The molecular weight excluding hydrogens is 248 g/mol. The monoisotopic (exact) mass is 266 g/mol. The molecule has 0 saturated carbocycles. The fourth-order valence-corrected chi connectivity index (χ4v) is 2.50. The molecule has 1 heterocycles. The molecule has 1 aliphatic rings. The van der Waals surface area contributed by atoms with Crippen LogP contribution in [-0.2, 0) is 4.79 Å². The van der Waals surface area contributed by atoms with Crippen LogP contribution in [0.15, 0.2) is 24.3 Å². The van der Waals surface area contributed by atoms with Crippen molar-refractivity contribution in [3.05, 3.63) is 29.8 Å². The lowest BCUT2D eigenvalue weighted by atomic mass is 10.2. The third kappa shape index (κ3) is 3.16. The first-order chi connectivity index (χ1) is 8.70. The van der Waals surface area contributed by atoms with Crippen molar-refractivity contribution in [1.29, 1.82) is 0 Å². The molecule has 0 bridgehead atoms. The van der Waals surface area contributed by atoms with Crippen LogP contribution >= 0.6 is 11.6 Å². The van der Waals surface area contributed by atoms with E-state index in [1.807, 2.05) is 0 Å². The van der Waals surface area contributed by atoms with Gasteiger partial charge >= 0.3 is 0 Å². The van der Waals surface area contributed by atoms with E-state index >= 15 is 0 Å². The van der Waals surface area contributed by atoms with Crippen molar-refractivity contribution in [2.24, 2.45) is 0 Å². The van der Waals surface area contributed by atoms with Crippen molar-refractivity contribution in [1.82, 2.24) is 5.32 Å². The topological polar surface area (TPSA) is 32.3 Å². The molecule has 1 N–H and O–H groups in total. The molecule has 98 valence electrons. The number of benzene rings is 1. The summed E-state index contributed by atoms with van der Waals surface area (Å²) < 4.78 is 0. The van der Waals surface area contributed by atoms with E-state index in [9.17, 15) is 4.79 Å². The minimum absolute atomic E-state index is 0.0389. The molecule has 1 saturated heterocycles. The first kappa shape index (κ1) is 13.2. The molecule has 1 aromatic rings. The lowest BCUT2D eigenvalue weighted by Gasteiger charge is -2.27. The van der Waals surface area contributed by atoms with E-state index in [2.05, 4.69) is 41.4 Å². The number of hydrogen-bond donors (Lipinski definition) is 1. The highest BCUT2D eigenvalue weighted by Gasteiger charge is 2.24. The maximum Gasteiger partial charge on any atom is 0.234 e. The number of amides is 1. The predicted molar refractivity (Wildman–Crippen MR) is 75.3 cm³/mol. The van der Waals surface area contributed by atoms with Crippen molar-refractivity contribution in [2.45, 2.75) is 25.8 Å². The number of alkyl halides is 1. The average Bonchev–Trinajstić information content (AvgIpc) is 2.85. The molecule has 0 spiro atoms. The standard InChI is InChI=1S/C14H19ClN2O/c1-11-4-6-12(7-5-11)17-8-2-3-13(17)10-16-14(18)9-15/h4-7,13H,2-3,8-10H2,1H3,(H,16,18). The van der Waals surface area contributed by atoms with Gasteiger partial charge in [0, 0.05) is 24.8 Å². The smallest absolute Gasteiger partial charge is 0.234 e. The number of halogens is 1. The Morgan fingerprint density at radius 3 is 2.83 bits per heavy atom. The van der Waals surface area contributed by atoms with Gasteiger partial charge in [0.25, 0.3) is 0 Å². The van der Waals surface area contributed by atoms with E-state index in [0.29, 0.717) is 12.6 Å². The minimum Gasteiger partial charge on any atom is -0.367 e. The van der Waals surface area contributed by atoms with Crippen LogP contribution in [0.5, 0.6) is 0 Å². The van der Waals surface area contributed by atoms with E-state index in [-0.39, 0.29) is 11.8 Å². The summed E-state index contributed by atoms with van der Waals surface area (Å²) in [6, 6.07) is 8.94. The predicted octanol–water partition coefficient (Wildman–Crippen LogP) is 2.32. The summed E-state index contributed by atoms with van der Waals surface area (Å²) in [5, 5.41) is 2.87.